The topological polar surface area (TPSA) is 54.9 Å². The van der Waals surface area contributed by atoms with Crippen LogP contribution in [-0.4, -0.2) is 45.9 Å². The van der Waals surface area contributed by atoms with E-state index in [1.165, 1.54) is 16.7 Å². The van der Waals surface area contributed by atoms with E-state index in [0.29, 0.717) is 13.2 Å². The van der Waals surface area contributed by atoms with Gasteiger partial charge in [0.15, 0.2) is 5.96 Å². The van der Waals surface area contributed by atoms with Crippen molar-refractivity contribution in [3.8, 4) is 5.75 Å². The van der Waals surface area contributed by atoms with Crippen LogP contribution < -0.4 is 15.4 Å². The summed E-state index contributed by atoms with van der Waals surface area (Å²) in [5, 5.41) is 6.56. The fourth-order valence-corrected chi connectivity index (χ4v) is 2.33. The van der Waals surface area contributed by atoms with E-state index in [-0.39, 0.29) is 6.04 Å². The van der Waals surface area contributed by atoms with Gasteiger partial charge in [0.2, 0.25) is 0 Å². The lowest BCUT2D eigenvalue weighted by molar-refractivity contribution is 0.179. The first-order valence-corrected chi connectivity index (χ1v) is 8.14. The number of ether oxygens (including phenoxy) is 2. The third kappa shape index (κ3) is 6.91. The number of benzene rings is 1. The highest BCUT2D eigenvalue weighted by molar-refractivity contribution is 5.79. The predicted molar refractivity (Wildman–Crippen MR) is 96.6 cm³/mol. The fourth-order valence-electron chi connectivity index (χ4n) is 2.33. The van der Waals surface area contributed by atoms with Crippen LogP contribution in [0.4, 0.5) is 0 Å². The van der Waals surface area contributed by atoms with Crippen molar-refractivity contribution in [1.29, 1.82) is 0 Å². The molecule has 0 saturated heterocycles. The summed E-state index contributed by atoms with van der Waals surface area (Å²) in [4.78, 5) is 4.20. The molecule has 1 aromatic rings. The second-order valence-electron chi connectivity index (χ2n) is 5.91. The number of hydrogen-bond acceptors (Lipinski definition) is 3. The molecule has 0 fully saturated rings. The summed E-state index contributed by atoms with van der Waals surface area (Å²) in [5.41, 5.74) is 3.72. The Hall–Kier alpha value is -1.75. The summed E-state index contributed by atoms with van der Waals surface area (Å²) in [6.07, 6.45) is 0.909. The second-order valence-corrected chi connectivity index (χ2v) is 5.91. The van der Waals surface area contributed by atoms with E-state index >= 15 is 0 Å². The van der Waals surface area contributed by atoms with Gasteiger partial charge in [-0.3, -0.25) is 4.99 Å². The van der Waals surface area contributed by atoms with Crippen molar-refractivity contribution in [3.63, 3.8) is 0 Å². The SMILES string of the molecule is CN=C(NCCCOc1cc(C)cc(C)c1C)NC(C)COC. The van der Waals surface area contributed by atoms with Crippen LogP contribution in [-0.2, 0) is 4.74 Å². The Balaban J connectivity index is 2.32. The Morgan fingerprint density at radius 1 is 1.26 bits per heavy atom. The molecule has 0 aliphatic heterocycles. The molecule has 0 saturated carbocycles. The van der Waals surface area contributed by atoms with Gasteiger partial charge in [0.1, 0.15) is 5.75 Å². The number of aryl methyl sites for hydroxylation is 2. The quantitative estimate of drug-likeness (QED) is 0.439. The number of rotatable bonds is 8. The van der Waals surface area contributed by atoms with E-state index in [1.54, 1.807) is 14.2 Å². The second kappa shape index (κ2) is 10.1. The van der Waals surface area contributed by atoms with Gasteiger partial charge in [0.05, 0.1) is 13.2 Å². The minimum absolute atomic E-state index is 0.223. The third-order valence-electron chi connectivity index (χ3n) is 3.66. The number of nitrogens with one attached hydrogen (secondary N) is 2. The standard InChI is InChI=1S/C18H31N3O2/c1-13-10-14(2)16(4)17(11-13)23-9-7-8-20-18(19-5)21-15(3)12-22-6/h10-11,15H,7-9,12H2,1-6H3,(H2,19,20,21). The molecule has 0 aliphatic rings. The lowest BCUT2D eigenvalue weighted by Gasteiger charge is -2.17. The molecular formula is C18H31N3O2. The highest BCUT2D eigenvalue weighted by Gasteiger charge is 2.05. The van der Waals surface area contributed by atoms with Crippen molar-refractivity contribution in [2.75, 3.05) is 33.9 Å². The van der Waals surface area contributed by atoms with Gasteiger partial charge in [-0.2, -0.15) is 0 Å². The van der Waals surface area contributed by atoms with Crippen LogP contribution in [0.5, 0.6) is 5.75 Å². The van der Waals surface area contributed by atoms with Gasteiger partial charge in [-0.05, 0) is 56.9 Å². The minimum Gasteiger partial charge on any atom is -0.493 e. The van der Waals surface area contributed by atoms with Crippen molar-refractivity contribution < 1.29 is 9.47 Å². The number of methoxy groups -OCH3 is 1. The zero-order valence-corrected chi connectivity index (χ0v) is 15.3. The van der Waals surface area contributed by atoms with Crippen LogP contribution >= 0.6 is 0 Å². The van der Waals surface area contributed by atoms with Crippen molar-refractivity contribution in [2.24, 2.45) is 4.99 Å². The Labute approximate surface area is 140 Å². The van der Waals surface area contributed by atoms with Gasteiger partial charge in [0, 0.05) is 26.7 Å². The Morgan fingerprint density at radius 2 is 2.00 bits per heavy atom. The maximum absolute atomic E-state index is 5.91. The third-order valence-corrected chi connectivity index (χ3v) is 3.66. The van der Waals surface area contributed by atoms with Crippen LogP contribution in [0.25, 0.3) is 0 Å². The van der Waals surface area contributed by atoms with Crippen molar-refractivity contribution in [1.82, 2.24) is 10.6 Å². The van der Waals surface area contributed by atoms with Crippen LogP contribution in [0.1, 0.15) is 30.0 Å². The lowest BCUT2D eigenvalue weighted by atomic mass is 10.1. The van der Waals surface area contributed by atoms with E-state index < -0.39 is 0 Å². The number of guanidine groups is 1. The molecule has 1 unspecified atom stereocenters. The van der Waals surface area contributed by atoms with Crippen LogP contribution in [0.3, 0.4) is 0 Å². The van der Waals surface area contributed by atoms with Gasteiger partial charge in [0.25, 0.3) is 0 Å². The molecule has 5 heteroatoms. The summed E-state index contributed by atoms with van der Waals surface area (Å²) in [6.45, 7) is 10.5. The van der Waals surface area contributed by atoms with Crippen LogP contribution in [0.15, 0.2) is 17.1 Å². The average molecular weight is 321 g/mol. The minimum atomic E-state index is 0.223. The van der Waals surface area contributed by atoms with Gasteiger partial charge in [-0.1, -0.05) is 6.07 Å². The first kappa shape index (κ1) is 19.3. The Bertz CT molecular complexity index is 515. The maximum Gasteiger partial charge on any atom is 0.191 e. The molecule has 0 radical (unpaired) electrons. The summed E-state index contributed by atoms with van der Waals surface area (Å²) in [7, 11) is 3.46. The van der Waals surface area contributed by atoms with Crippen LogP contribution in [0.2, 0.25) is 0 Å². The van der Waals surface area contributed by atoms with Gasteiger partial charge in [-0.25, -0.2) is 0 Å². The molecule has 23 heavy (non-hydrogen) atoms. The Kier molecular flexibility index (Phi) is 8.48. The molecule has 0 aromatic heterocycles. The maximum atomic E-state index is 5.91. The molecule has 0 aliphatic carbocycles. The molecule has 5 nitrogen and oxygen atoms in total. The van der Waals surface area contributed by atoms with Crippen molar-refractivity contribution in [3.05, 3.63) is 28.8 Å². The Morgan fingerprint density at radius 3 is 2.65 bits per heavy atom. The number of hydrogen-bond donors (Lipinski definition) is 2. The first-order valence-electron chi connectivity index (χ1n) is 8.14. The fraction of sp³-hybridized carbons (Fsp3) is 0.611. The van der Waals surface area contributed by atoms with E-state index in [0.717, 1.165) is 24.7 Å². The monoisotopic (exact) mass is 321 g/mol. The predicted octanol–water partition coefficient (Wildman–Crippen LogP) is 2.58. The summed E-state index contributed by atoms with van der Waals surface area (Å²) in [6, 6.07) is 4.50. The smallest absolute Gasteiger partial charge is 0.191 e. The largest absolute Gasteiger partial charge is 0.493 e. The van der Waals surface area contributed by atoms with Crippen molar-refractivity contribution in [2.45, 2.75) is 40.2 Å². The normalized spacial score (nSPS) is 12.9. The van der Waals surface area contributed by atoms with Gasteiger partial charge >= 0.3 is 0 Å². The van der Waals surface area contributed by atoms with E-state index in [4.69, 9.17) is 9.47 Å². The average Bonchev–Trinajstić information content (AvgIpc) is 2.50. The molecule has 1 aromatic carbocycles. The van der Waals surface area contributed by atoms with Crippen LogP contribution in [0, 0.1) is 20.8 Å². The molecule has 1 atom stereocenters. The molecule has 1 rings (SSSR count). The number of nitrogens with zero attached hydrogens (tertiary/aromatic N) is 1. The summed E-state index contributed by atoms with van der Waals surface area (Å²) >= 11 is 0. The van der Waals surface area contributed by atoms with Crippen molar-refractivity contribution >= 4 is 5.96 Å². The molecule has 0 bridgehead atoms. The van der Waals surface area contributed by atoms with E-state index in [1.807, 2.05) is 0 Å². The zero-order valence-electron chi connectivity index (χ0n) is 15.3. The van der Waals surface area contributed by atoms with E-state index in [9.17, 15) is 0 Å². The van der Waals surface area contributed by atoms with Gasteiger partial charge in [-0.15, -0.1) is 0 Å². The molecule has 0 heterocycles. The molecule has 0 spiro atoms. The molecule has 130 valence electrons. The summed E-state index contributed by atoms with van der Waals surface area (Å²) < 4.78 is 11.0. The highest BCUT2D eigenvalue weighted by atomic mass is 16.5. The number of aliphatic imine (C=N–C) groups is 1. The van der Waals surface area contributed by atoms with E-state index in [2.05, 4.69) is 55.5 Å². The first-order chi connectivity index (χ1) is 11.0. The molecule has 2 N–H and O–H groups in total. The molecule has 0 amide bonds. The summed E-state index contributed by atoms with van der Waals surface area (Å²) in [5.74, 6) is 1.77. The lowest BCUT2D eigenvalue weighted by Crippen LogP contribution is -2.44. The molecular weight excluding hydrogens is 290 g/mol. The zero-order chi connectivity index (χ0) is 17.2. The van der Waals surface area contributed by atoms with Gasteiger partial charge < -0.3 is 20.1 Å². The highest BCUT2D eigenvalue weighted by Crippen LogP contribution is 2.23.